The van der Waals surface area contributed by atoms with Crippen molar-refractivity contribution in [3.8, 4) is 0 Å². The van der Waals surface area contributed by atoms with Gasteiger partial charge in [0.05, 0.1) is 0 Å². The molecular formula is C14H18N2. The first kappa shape index (κ1) is 11.0. The Hall–Kier alpha value is -1.54. The molecule has 2 nitrogen and oxygen atoms in total. The second-order valence-electron chi connectivity index (χ2n) is 4.31. The van der Waals surface area contributed by atoms with Crippen molar-refractivity contribution in [1.29, 1.82) is 0 Å². The summed E-state index contributed by atoms with van der Waals surface area (Å²) in [5.41, 5.74) is 9.33. The van der Waals surface area contributed by atoms with Crippen LogP contribution in [0, 0.1) is 0 Å². The van der Waals surface area contributed by atoms with E-state index in [1.807, 2.05) is 0 Å². The summed E-state index contributed by atoms with van der Waals surface area (Å²) in [4.78, 5) is 0. The van der Waals surface area contributed by atoms with Gasteiger partial charge in [0.1, 0.15) is 0 Å². The Morgan fingerprint density at radius 1 is 1.38 bits per heavy atom. The van der Waals surface area contributed by atoms with Crippen LogP contribution in [0.15, 0.2) is 42.6 Å². The number of benzene rings is 1. The van der Waals surface area contributed by atoms with Gasteiger partial charge in [-0.15, -0.1) is 6.58 Å². The zero-order valence-electron chi connectivity index (χ0n) is 9.74. The largest absolute Gasteiger partial charge is 0.347 e. The Bertz CT molecular complexity index is 508. The average molecular weight is 214 g/mol. The monoisotopic (exact) mass is 214 g/mol. The van der Waals surface area contributed by atoms with Gasteiger partial charge in [-0.3, -0.25) is 0 Å². The Kier molecular flexibility index (Phi) is 3.11. The standard InChI is InChI=1S/C14H18N2/c1-11(2)5-7-16-8-6-13-4-3-12(10-15)9-14(13)16/h3-4,6,8-9H,1,5,7,10,15H2,2H3. The molecule has 0 bridgehead atoms. The van der Waals surface area contributed by atoms with Gasteiger partial charge in [-0.05, 0) is 36.4 Å². The van der Waals surface area contributed by atoms with Gasteiger partial charge in [-0.2, -0.15) is 0 Å². The lowest BCUT2D eigenvalue weighted by atomic mass is 10.1. The second kappa shape index (κ2) is 4.54. The molecule has 16 heavy (non-hydrogen) atoms. The maximum atomic E-state index is 5.66. The Morgan fingerprint density at radius 2 is 2.19 bits per heavy atom. The predicted molar refractivity (Wildman–Crippen MR) is 69.3 cm³/mol. The fraction of sp³-hybridized carbons (Fsp3) is 0.286. The van der Waals surface area contributed by atoms with Gasteiger partial charge < -0.3 is 10.3 Å². The fourth-order valence-electron chi connectivity index (χ4n) is 1.86. The van der Waals surface area contributed by atoms with Crippen molar-refractivity contribution >= 4 is 10.9 Å². The first-order chi connectivity index (χ1) is 7.70. The quantitative estimate of drug-likeness (QED) is 0.779. The van der Waals surface area contributed by atoms with E-state index in [1.54, 1.807) is 0 Å². The van der Waals surface area contributed by atoms with Crippen LogP contribution in [0.1, 0.15) is 18.9 Å². The van der Waals surface area contributed by atoms with Crippen molar-refractivity contribution < 1.29 is 0 Å². The predicted octanol–water partition coefficient (Wildman–Crippen LogP) is 3.07. The molecule has 2 N–H and O–H groups in total. The molecule has 0 spiro atoms. The number of fused-ring (bicyclic) bond motifs is 1. The number of aryl methyl sites for hydroxylation is 1. The van der Waals surface area contributed by atoms with Crippen LogP contribution in [0.5, 0.6) is 0 Å². The van der Waals surface area contributed by atoms with Crippen molar-refractivity contribution in [3.05, 3.63) is 48.2 Å². The van der Waals surface area contributed by atoms with Gasteiger partial charge in [-0.25, -0.2) is 0 Å². The Balaban J connectivity index is 2.34. The summed E-state index contributed by atoms with van der Waals surface area (Å²) in [7, 11) is 0. The summed E-state index contributed by atoms with van der Waals surface area (Å²) >= 11 is 0. The fourth-order valence-corrected chi connectivity index (χ4v) is 1.86. The summed E-state index contributed by atoms with van der Waals surface area (Å²) in [5, 5.41) is 1.28. The molecule has 0 fully saturated rings. The van der Waals surface area contributed by atoms with Crippen molar-refractivity contribution in [3.63, 3.8) is 0 Å². The molecule has 0 unspecified atom stereocenters. The van der Waals surface area contributed by atoms with Gasteiger partial charge in [-0.1, -0.05) is 17.7 Å². The van der Waals surface area contributed by atoms with Gasteiger partial charge in [0.2, 0.25) is 0 Å². The lowest BCUT2D eigenvalue weighted by molar-refractivity contribution is 0.718. The highest BCUT2D eigenvalue weighted by atomic mass is 14.9. The summed E-state index contributed by atoms with van der Waals surface area (Å²) in [6.45, 7) is 7.59. The first-order valence-electron chi connectivity index (χ1n) is 5.63. The molecule has 0 saturated heterocycles. The third kappa shape index (κ3) is 2.17. The molecule has 84 valence electrons. The van der Waals surface area contributed by atoms with Gasteiger partial charge >= 0.3 is 0 Å². The molecule has 2 rings (SSSR count). The number of nitrogens with zero attached hydrogens (tertiary/aromatic N) is 1. The molecule has 0 radical (unpaired) electrons. The van der Waals surface area contributed by atoms with Gasteiger partial charge in [0.25, 0.3) is 0 Å². The van der Waals surface area contributed by atoms with Crippen LogP contribution in [0.2, 0.25) is 0 Å². The summed E-state index contributed by atoms with van der Waals surface area (Å²) in [5.74, 6) is 0. The van der Waals surface area contributed by atoms with E-state index in [1.165, 1.54) is 22.0 Å². The Labute approximate surface area is 96.4 Å². The molecule has 0 aliphatic carbocycles. The molecule has 0 aliphatic heterocycles. The van der Waals surface area contributed by atoms with E-state index in [2.05, 4.69) is 48.5 Å². The van der Waals surface area contributed by atoms with E-state index in [-0.39, 0.29) is 0 Å². The third-order valence-electron chi connectivity index (χ3n) is 2.85. The zero-order chi connectivity index (χ0) is 11.5. The van der Waals surface area contributed by atoms with E-state index in [4.69, 9.17) is 5.73 Å². The van der Waals surface area contributed by atoms with E-state index < -0.39 is 0 Å². The molecule has 1 heterocycles. The molecule has 2 aromatic rings. The lowest BCUT2D eigenvalue weighted by Crippen LogP contribution is -1.99. The Morgan fingerprint density at radius 3 is 2.88 bits per heavy atom. The number of hydrogen-bond donors (Lipinski definition) is 1. The number of aromatic nitrogens is 1. The highest BCUT2D eigenvalue weighted by Crippen LogP contribution is 2.18. The van der Waals surface area contributed by atoms with Crippen molar-refractivity contribution in [2.75, 3.05) is 0 Å². The maximum absolute atomic E-state index is 5.66. The first-order valence-corrected chi connectivity index (χ1v) is 5.63. The molecule has 0 aliphatic rings. The van der Waals surface area contributed by atoms with E-state index in [0.29, 0.717) is 6.54 Å². The summed E-state index contributed by atoms with van der Waals surface area (Å²) in [6, 6.07) is 8.54. The topological polar surface area (TPSA) is 30.9 Å². The second-order valence-corrected chi connectivity index (χ2v) is 4.31. The van der Waals surface area contributed by atoms with Crippen LogP contribution < -0.4 is 5.73 Å². The molecule has 1 aromatic carbocycles. The van der Waals surface area contributed by atoms with E-state index in [0.717, 1.165) is 13.0 Å². The SMILES string of the molecule is C=C(C)CCn1ccc2ccc(CN)cc21. The minimum absolute atomic E-state index is 0.599. The minimum Gasteiger partial charge on any atom is -0.347 e. The maximum Gasteiger partial charge on any atom is 0.0483 e. The summed E-state index contributed by atoms with van der Waals surface area (Å²) < 4.78 is 2.27. The molecule has 2 heteroatoms. The highest BCUT2D eigenvalue weighted by Gasteiger charge is 2.01. The van der Waals surface area contributed by atoms with Crippen LogP contribution >= 0.6 is 0 Å². The number of hydrogen-bond acceptors (Lipinski definition) is 1. The molecular weight excluding hydrogens is 196 g/mol. The number of nitrogens with two attached hydrogens (primary N) is 1. The zero-order valence-corrected chi connectivity index (χ0v) is 9.74. The number of rotatable bonds is 4. The third-order valence-corrected chi connectivity index (χ3v) is 2.85. The van der Waals surface area contributed by atoms with E-state index >= 15 is 0 Å². The van der Waals surface area contributed by atoms with Gasteiger partial charge in [0.15, 0.2) is 0 Å². The molecule has 0 saturated carbocycles. The van der Waals surface area contributed by atoms with Crippen molar-refractivity contribution in [2.24, 2.45) is 5.73 Å². The van der Waals surface area contributed by atoms with Crippen LogP contribution in [0.4, 0.5) is 0 Å². The van der Waals surface area contributed by atoms with E-state index in [9.17, 15) is 0 Å². The molecule has 1 aromatic heterocycles. The van der Waals surface area contributed by atoms with Crippen LogP contribution in [-0.2, 0) is 13.1 Å². The van der Waals surface area contributed by atoms with Crippen LogP contribution in [-0.4, -0.2) is 4.57 Å². The minimum atomic E-state index is 0.599. The highest BCUT2D eigenvalue weighted by molar-refractivity contribution is 5.80. The average Bonchev–Trinajstić information content (AvgIpc) is 2.68. The normalized spacial score (nSPS) is 10.9. The smallest absolute Gasteiger partial charge is 0.0483 e. The number of allylic oxidation sites excluding steroid dienone is 1. The van der Waals surface area contributed by atoms with Crippen LogP contribution in [0.3, 0.4) is 0 Å². The lowest BCUT2D eigenvalue weighted by Gasteiger charge is -2.06. The molecule has 0 atom stereocenters. The summed E-state index contributed by atoms with van der Waals surface area (Å²) in [6.07, 6.45) is 3.16. The van der Waals surface area contributed by atoms with Gasteiger partial charge in [0, 0.05) is 24.8 Å². The van der Waals surface area contributed by atoms with Crippen LogP contribution in [0.25, 0.3) is 10.9 Å². The van der Waals surface area contributed by atoms with Crippen molar-refractivity contribution in [2.45, 2.75) is 26.4 Å². The molecule has 0 amide bonds. The van der Waals surface area contributed by atoms with Crippen molar-refractivity contribution in [1.82, 2.24) is 4.57 Å².